The van der Waals surface area contributed by atoms with E-state index in [0.717, 1.165) is 23.1 Å². The molecule has 0 aliphatic heterocycles. The summed E-state index contributed by atoms with van der Waals surface area (Å²) in [5, 5.41) is 10.3. The number of carbonyl (C=O) groups excluding carboxylic acids is 1. The van der Waals surface area contributed by atoms with Crippen LogP contribution in [-0.4, -0.2) is 29.5 Å². The Kier molecular flexibility index (Phi) is 5.98. The van der Waals surface area contributed by atoms with Crippen LogP contribution in [0.1, 0.15) is 5.56 Å². The number of carbonyl (C=O) groups is 1. The summed E-state index contributed by atoms with van der Waals surface area (Å²) in [6.45, 7) is 0.515. The molecule has 0 aliphatic rings. The van der Waals surface area contributed by atoms with Crippen molar-refractivity contribution in [2.45, 2.75) is 6.42 Å². The number of aromatic nitrogens is 2. The Bertz CT molecular complexity index is 922. The molecule has 0 atom stereocenters. The van der Waals surface area contributed by atoms with Crippen molar-refractivity contribution in [1.29, 1.82) is 0 Å². The number of anilines is 1. The van der Waals surface area contributed by atoms with Gasteiger partial charge in [-0.2, -0.15) is 5.10 Å². The summed E-state index contributed by atoms with van der Waals surface area (Å²) >= 11 is 5.97. The number of methoxy groups -OCH3 is 1. The van der Waals surface area contributed by atoms with E-state index >= 15 is 0 Å². The van der Waals surface area contributed by atoms with Gasteiger partial charge >= 0.3 is 6.03 Å². The number of rotatable bonds is 6. The van der Waals surface area contributed by atoms with Crippen LogP contribution >= 0.6 is 11.6 Å². The molecule has 3 rings (SSSR count). The number of urea groups is 1. The first-order valence-corrected chi connectivity index (χ1v) is 8.89. The summed E-state index contributed by atoms with van der Waals surface area (Å²) in [6.07, 6.45) is 4.55. The molecule has 0 saturated heterocycles. The molecular formula is C20H21ClN4O2. The van der Waals surface area contributed by atoms with Gasteiger partial charge in [-0.1, -0.05) is 35.9 Å². The summed E-state index contributed by atoms with van der Waals surface area (Å²) in [6, 6.07) is 13.0. The van der Waals surface area contributed by atoms with Crippen LogP contribution in [0.3, 0.4) is 0 Å². The van der Waals surface area contributed by atoms with E-state index in [1.807, 2.05) is 19.4 Å². The molecule has 0 spiro atoms. The molecular weight excluding hydrogens is 364 g/mol. The lowest BCUT2D eigenvalue weighted by Crippen LogP contribution is -2.30. The molecule has 0 radical (unpaired) electrons. The van der Waals surface area contributed by atoms with Crippen molar-refractivity contribution < 1.29 is 9.53 Å². The van der Waals surface area contributed by atoms with Crippen LogP contribution in [0.25, 0.3) is 11.1 Å². The van der Waals surface area contributed by atoms with Gasteiger partial charge in [-0.25, -0.2) is 4.79 Å². The van der Waals surface area contributed by atoms with E-state index in [9.17, 15) is 4.79 Å². The number of hydrogen-bond acceptors (Lipinski definition) is 3. The van der Waals surface area contributed by atoms with Gasteiger partial charge in [-0.15, -0.1) is 0 Å². The van der Waals surface area contributed by atoms with Gasteiger partial charge in [0.05, 0.1) is 19.0 Å². The third-order valence-electron chi connectivity index (χ3n) is 4.10. The van der Waals surface area contributed by atoms with Crippen molar-refractivity contribution in [3.8, 4) is 16.9 Å². The summed E-state index contributed by atoms with van der Waals surface area (Å²) < 4.78 is 7.00. The minimum Gasteiger partial charge on any atom is -0.495 e. The maximum absolute atomic E-state index is 12.1. The molecule has 6 nitrogen and oxygen atoms in total. The molecule has 0 aliphatic carbocycles. The van der Waals surface area contributed by atoms with E-state index in [-0.39, 0.29) is 6.03 Å². The van der Waals surface area contributed by atoms with E-state index < -0.39 is 0 Å². The average Bonchev–Trinajstić information content (AvgIpc) is 3.09. The normalized spacial score (nSPS) is 10.5. The van der Waals surface area contributed by atoms with E-state index in [4.69, 9.17) is 16.3 Å². The Morgan fingerprint density at radius 2 is 1.96 bits per heavy atom. The van der Waals surface area contributed by atoms with Crippen molar-refractivity contribution in [2.24, 2.45) is 7.05 Å². The van der Waals surface area contributed by atoms with Crippen LogP contribution in [0.5, 0.6) is 5.75 Å². The third kappa shape index (κ3) is 5.01. The molecule has 2 N–H and O–H groups in total. The molecule has 27 heavy (non-hydrogen) atoms. The van der Waals surface area contributed by atoms with Crippen LogP contribution in [0, 0.1) is 0 Å². The first-order valence-electron chi connectivity index (χ1n) is 8.51. The summed E-state index contributed by atoms with van der Waals surface area (Å²) in [7, 11) is 3.44. The molecule has 0 bridgehead atoms. The van der Waals surface area contributed by atoms with Gasteiger partial charge in [0.15, 0.2) is 0 Å². The zero-order valence-corrected chi connectivity index (χ0v) is 16.0. The van der Waals surface area contributed by atoms with Gasteiger partial charge in [0.25, 0.3) is 0 Å². The number of nitrogens with one attached hydrogen (secondary N) is 2. The van der Waals surface area contributed by atoms with Crippen molar-refractivity contribution in [3.63, 3.8) is 0 Å². The van der Waals surface area contributed by atoms with Crippen molar-refractivity contribution in [3.05, 3.63) is 65.4 Å². The maximum Gasteiger partial charge on any atom is 0.319 e. The van der Waals surface area contributed by atoms with E-state index in [1.54, 1.807) is 30.0 Å². The largest absolute Gasteiger partial charge is 0.495 e. The van der Waals surface area contributed by atoms with Gasteiger partial charge < -0.3 is 15.4 Å². The van der Waals surface area contributed by atoms with Crippen LogP contribution in [-0.2, 0) is 13.5 Å². The number of hydrogen-bond donors (Lipinski definition) is 2. The monoisotopic (exact) mass is 384 g/mol. The Morgan fingerprint density at radius 3 is 2.63 bits per heavy atom. The van der Waals surface area contributed by atoms with Gasteiger partial charge in [0.1, 0.15) is 5.75 Å². The molecule has 2 amide bonds. The highest BCUT2D eigenvalue weighted by atomic mass is 35.5. The van der Waals surface area contributed by atoms with Crippen LogP contribution < -0.4 is 15.4 Å². The number of amides is 2. The van der Waals surface area contributed by atoms with E-state index in [2.05, 4.69) is 40.0 Å². The Morgan fingerprint density at radius 1 is 1.19 bits per heavy atom. The number of halogens is 1. The predicted octanol–water partition coefficient (Wildman–Crippen LogP) is 4.11. The molecule has 0 fully saturated rings. The number of ether oxygens (including phenoxy) is 1. The smallest absolute Gasteiger partial charge is 0.319 e. The number of nitrogens with zero attached hydrogens (tertiary/aromatic N) is 2. The van der Waals surface area contributed by atoms with Crippen LogP contribution in [0.15, 0.2) is 54.9 Å². The van der Waals surface area contributed by atoms with Gasteiger partial charge in [0, 0.05) is 30.4 Å². The Balaban J connectivity index is 1.51. The minimum absolute atomic E-state index is 0.303. The first-order chi connectivity index (χ1) is 13.0. The standard InChI is InChI=1S/C20H21ClN4O2/c1-25-13-16(12-23-25)15-5-3-14(4-6-15)9-10-22-20(26)24-18-11-17(21)7-8-19(18)27-2/h3-8,11-13H,9-10H2,1-2H3,(H2,22,24,26). The SMILES string of the molecule is COc1ccc(Cl)cc1NC(=O)NCCc1ccc(-c2cnn(C)c2)cc1. The topological polar surface area (TPSA) is 68.2 Å². The molecule has 0 saturated carbocycles. The van der Waals surface area contributed by atoms with E-state index in [1.165, 1.54) is 0 Å². The zero-order chi connectivity index (χ0) is 19.2. The quantitative estimate of drug-likeness (QED) is 0.671. The van der Waals surface area contributed by atoms with Gasteiger partial charge in [-0.3, -0.25) is 4.68 Å². The predicted molar refractivity (Wildman–Crippen MR) is 107 cm³/mol. The highest BCUT2D eigenvalue weighted by Gasteiger charge is 2.08. The average molecular weight is 385 g/mol. The number of aryl methyl sites for hydroxylation is 1. The highest BCUT2D eigenvalue weighted by molar-refractivity contribution is 6.31. The molecule has 2 aromatic carbocycles. The minimum atomic E-state index is -0.303. The van der Waals surface area contributed by atoms with Gasteiger partial charge in [0.2, 0.25) is 0 Å². The maximum atomic E-state index is 12.1. The molecule has 0 unspecified atom stereocenters. The second-order valence-corrected chi connectivity index (χ2v) is 6.51. The highest BCUT2D eigenvalue weighted by Crippen LogP contribution is 2.27. The van der Waals surface area contributed by atoms with Gasteiger partial charge in [-0.05, 0) is 35.7 Å². The molecule has 3 aromatic rings. The lowest BCUT2D eigenvalue weighted by molar-refractivity contribution is 0.252. The molecule has 7 heteroatoms. The summed E-state index contributed by atoms with van der Waals surface area (Å²) in [4.78, 5) is 12.1. The van der Waals surface area contributed by atoms with E-state index in [0.29, 0.717) is 23.0 Å². The molecule has 1 aromatic heterocycles. The lowest BCUT2D eigenvalue weighted by Gasteiger charge is -2.11. The third-order valence-corrected chi connectivity index (χ3v) is 4.34. The number of benzene rings is 2. The first kappa shape index (κ1) is 18.8. The summed E-state index contributed by atoms with van der Waals surface area (Å²) in [5.41, 5.74) is 3.87. The fourth-order valence-electron chi connectivity index (χ4n) is 2.70. The molecule has 1 heterocycles. The lowest BCUT2D eigenvalue weighted by atomic mass is 10.1. The zero-order valence-electron chi connectivity index (χ0n) is 15.2. The van der Waals surface area contributed by atoms with Crippen molar-refractivity contribution in [1.82, 2.24) is 15.1 Å². The van der Waals surface area contributed by atoms with Crippen molar-refractivity contribution in [2.75, 3.05) is 19.0 Å². The summed E-state index contributed by atoms with van der Waals surface area (Å²) in [5.74, 6) is 0.556. The van der Waals surface area contributed by atoms with Crippen LogP contribution in [0.4, 0.5) is 10.5 Å². The Labute approximate surface area is 163 Å². The van der Waals surface area contributed by atoms with Crippen molar-refractivity contribution >= 4 is 23.3 Å². The second kappa shape index (κ2) is 8.60. The Hall–Kier alpha value is -2.99. The molecule has 140 valence electrons. The fraction of sp³-hybridized carbons (Fsp3) is 0.200. The fourth-order valence-corrected chi connectivity index (χ4v) is 2.87. The van der Waals surface area contributed by atoms with Crippen LogP contribution in [0.2, 0.25) is 5.02 Å². The second-order valence-electron chi connectivity index (χ2n) is 6.08.